The SMILES string of the molecule is C1=CCC(N2CCNC3(CCCC3)C2)C1. The zero-order valence-corrected chi connectivity index (χ0v) is 9.54. The Labute approximate surface area is 92.7 Å². The molecule has 0 bridgehead atoms. The molecule has 84 valence electrons. The normalized spacial score (nSPS) is 31.7. The van der Waals surface area contributed by atoms with Crippen LogP contribution in [0.4, 0.5) is 0 Å². The third-order valence-electron chi connectivity index (χ3n) is 4.46. The zero-order valence-electron chi connectivity index (χ0n) is 9.54. The van der Waals surface area contributed by atoms with Gasteiger partial charge in [0.25, 0.3) is 0 Å². The molecule has 2 fully saturated rings. The van der Waals surface area contributed by atoms with Crippen molar-refractivity contribution >= 4 is 0 Å². The van der Waals surface area contributed by atoms with Crippen molar-refractivity contribution in [3.8, 4) is 0 Å². The van der Waals surface area contributed by atoms with Gasteiger partial charge in [0.15, 0.2) is 0 Å². The van der Waals surface area contributed by atoms with Crippen LogP contribution < -0.4 is 5.32 Å². The van der Waals surface area contributed by atoms with Gasteiger partial charge in [-0.05, 0) is 25.7 Å². The summed E-state index contributed by atoms with van der Waals surface area (Å²) in [5.74, 6) is 0. The summed E-state index contributed by atoms with van der Waals surface area (Å²) < 4.78 is 0. The van der Waals surface area contributed by atoms with Crippen LogP contribution in [0, 0.1) is 0 Å². The minimum Gasteiger partial charge on any atom is -0.309 e. The molecule has 3 rings (SSSR count). The monoisotopic (exact) mass is 206 g/mol. The average molecular weight is 206 g/mol. The van der Waals surface area contributed by atoms with Crippen molar-refractivity contribution < 1.29 is 0 Å². The Kier molecular flexibility index (Phi) is 2.57. The summed E-state index contributed by atoms with van der Waals surface area (Å²) >= 11 is 0. The van der Waals surface area contributed by atoms with Gasteiger partial charge in [0.2, 0.25) is 0 Å². The molecular formula is C13H22N2. The van der Waals surface area contributed by atoms with Gasteiger partial charge < -0.3 is 5.32 Å². The van der Waals surface area contributed by atoms with E-state index in [1.54, 1.807) is 0 Å². The van der Waals surface area contributed by atoms with Gasteiger partial charge in [-0.25, -0.2) is 0 Å². The summed E-state index contributed by atoms with van der Waals surface area (Å²) in [6.45, 7) is 3.77. The van der Waals surface area contributed by atoms with Crippen molar-refractivity contribution in [1.29, 1.82) is 0 Å². The second-order valence-corrected chi connectivity index (χ2v) is 5.48. The fourth-order valence-corrected chi connectivity index (χ4v) is 3.59. The van der Waals surface area contributed by atoms with E-state index < -0.39 is 0 Å². The molecule has 1 spiro atoms. The first-order chi connectivity index (χ1) is 7.38. The molecule has 0 radical (unpaired) electrons. The first-order valence-electron chi connectivity index (χ1n) is 6.52. The van der Waals surface area contributed by atoms with Crippen LogP contribution in [0.1, 0.15) is 38.5 Å². The van der Waals surface area contributed by atoms with Crippen LogP contribution in [-0.2, 0) is 0 Å². The summed E-state index contributed by atoms with van der Waals surface area (Å²) in [6.07, 6.45) is 13.0. The number of hydrogen-bond acceptors (Lipinski definition) is 2. The number of rotatable bonds is 1. The molecule has 0 unspecified atom stereocenters. The second kappa shape index (κ2) is 3.91. The molecule has 1 saturated carbocycles. The minimum absolute atomic E-state index is 0.501. The molecule has 1 heterocycles. The standard InChI is InChI=1S/C13H22N2/c1-2-6-12(5-1)15-10-9-14-13(11-15)7-3-4-8-13/h1-2,12,14H,3-11H2. The molecule has 0 amide bonds. The molecule has 15 heavy (non-hydrogen) atoms. The van der Waals surface area contributed by atoms with Crippen molar-refractivity contribution in [2.45, 2.75) is 50.1 Å². The summed E-state index contributed by atoms with van der Waals surface area (Å²) in [6, 6.07) is 0.824. The first kappa shape index (κ1) is 9.86. The summed E-state index contributed by atoms with van der Waals surface area (Å²) in [5.41, 5.74) is 0.501. The summed E-state index contributed by atoms with van der Waals surface area (Å²) in [4.78, 5) is 2.74. The number of hydrogen-bond donors (Lipinski definition) is 1. The van der Waals surface area contributed by atoms with Gasteiger partial charge in [0, 0.05) is 31.2 Å². The summed E-state index contributed by atoms with van der Waals surface area (Å²) in [5, 5.41) is 3.79. The van der Waals surface area contributed by atoms with Crippen LogP contribution in [0.3, 0.4) is 0 Å². The average Bonchev–Trinajstić information content (AvgIpc) is 2.89. The number of nitrogens with one attached hydrogen (secondary N) is 1. The van der Waals surface area contributed by atoms with Gasteiger partial charge in [0.05, 0.1) is 0 Å². The fourth-order valence-electron chi connectivity index (χ4n) is 3.59. The van der Waals surface area contributed by atoms with E-state index in [1.807, 2.05) is 0 Å². The maximum Gasteiger partial charge on any atom is 0.0309 e. The molecule has 2 nitrogen and oxygen atoms in total. The largest absolute Gasteiger partial charge is 0.309 e. The molecule has 0 atom stereocenters. The zero-order chi connectivity index (χ0) is 10.1. The van der Waals surface area contributed by atoms with E-state index in [4.69, 9.17) is 0 Å². The highest BCUT2D eigenvalue weighted by molar-refractivity contribution is 5.04. The highest BCUT2D eigenvalue weighted by Crippen LogP contribution is 2.33. The molecule has 3 aliphatic rings. The van der Waals surface area contributed by atoms with E-state index in [9.17, 15) is 0 Å². The molecule has 1 aliphatic heterocycles. The quantitative estimate of drug-likeness (QED) is 0.659. The number of piperazine rings is 1. The Morgan fingerprint density at radius 1 is 1.13 bits per heavy atom. The van der Waals surface area contributed by atoms with Gasteiger partial charge in [-0.1, -0.05) is 25.0 Å². The third kappa shape index (κ3) is 1.85. The van der Waals surface area contributed by atoms with Crippen molar-refractivity contribution in [3.63, 3.8) is 0 Å². The van der Waals surface area contributed by atoms with Gasteiger partial charge in [-0.3, -0.25) is 4.90 Å². The van der Waals surface area contributed by atoms with E-state index in [-0.39, 0.29) is 0 Å². The van der Waals surface area contributed by atoms with Crippen molar-refractivity contribution in [3.05, 3.63) is 12.2 Å². The van der Waals surface area contributed by atoms with Crippen LogP contribution in [0.25, 0.3) is 0 Å². The lowest BCUT2D eigenvalue weighted by Gasteiger charge is -2.44. The molecule has 2 heteroatoms. The van der Waals surface area contributed by atoms with Crippen LogP contribution in [-0.4, -0.2) is 36.1 Å². The highest BCUT2D eigenvalue weighted by Gasteiger charge is 2.39. The third-order valence-corrected chi connectivity index (χ3v) is 4.46. The van der Waals surface area contributed by atoms with Crippen molar-refractivity contribution in [2.24, 2.45) is 0 Å². The Morgan fingerprint density at radius 3 is 2.60 bits per heavy atom. The Bertz CT molecular complexity index is 245. The minimum atomic E-state index is 0.501. The molecule has 0 aromatic heterocycles. The molecule has 2 aliphatic carbocycles. The smallest absolute Gasteiger partial charge is 0.0309 e. The maximum atomic E-state index is 3.79. The molecule has 1 saturated heterocycles. The lowest BCUT2D eigenvalue weighted by Crippen LogP contribution is -2.60. The van der Waals surface area contributed by atoms with Gasteiger partial charge in [-0.2, -0.15) is 0 Å². The number of nitrogens with zero attached hydrogens (tertiary/aromatic N) is 1. The predicted molar refractivity (Wildman–Crippen MR) is 62.9 cm³/mol. The van der Waals surface area contributed by atoms with Crippen molar-refractivity contribution in [1.82, 2.24) is 10.2 Å². The Morgan fingerprint density at radius 2 is 1.87 bits per heavy atom. The summed E-state index contributed by atoms with van der Waals surface area (Å²) in [7, 11) is 0. The van der Waals surface area contributed by atoms with E-state index in [2.05, 4.69) is 22.4 Å². The van der Waals surface area contributed by atoms with E-state index in [0.29, 0.717) is 5.54 Å². The molecule has 0 aromatic carbocycles. The van der Waals surface area contributed by atoms with Gasteiger partial charge in [0.1, 0.15) is 0 Å². The maximum absolute atomic E-state index is 3.79. The van der Waals surface area contributed by atoms with Gasteiger partial charge in [-0.15, -0.1) is 0 Å². The second-order valence-electron chi connectivity index (χ2n) is 5.48. The molecule has 0 aromatic rings. The van der Waals surface area contributed by atoms with Crippen molar-refractivity contribution in [2.75, 3.05) is 19.6 Å². The Balaban J connectivity index is 1.65. The lowest BCUT2D eigenvalue weighted by atomic mass is 9.93. The highest BCUT2D eigenvalue weighted by atomic mass is 15.2. The predicted octanol–water partition coefficient (Wildman–Crippen LogP) is 1.92. The molecule has 1 N–H and O–H groups in total. The Hall–Kier alpha value is -0.340. The molecular weight excluding hydrogens is 184 g/mol. The van der Waals surface area contributed by atoms with Crippen LogP contribution in [0.2, 0.25) is 0 Å². The first-order valence-corrected chi connectivity index (χ1v) is 6.52. The lowest BCUT2D eigenvalue weighted by molar-refractivity contribution is 0.0982. The van der Waals surface area contributed by atoms with E-state index >= 15 is 0 Å². The van der Waals surface area contributed by atoms with Crippen LogP contribution in [0.15, 0.2) is 12.2 Å². The topological polar surface area (TPSA) is 15.3 Å². The fraction of sp³-hybridized carbons (Fsp3) is 0.846. The van der Waals surface area contributed by atoms with Gasteiger partial charge >= 0.3 is 0 Å². The van der Waals surface area contributed by atoms with E-state index in [1.165, 1.54) is 58.2 Å². The van der Waals surface area contributed by atoms with Crippen LogP contribution >= 0.6 is 0 Å². The van der Waals surface area contributed by atoms with E-state index in [0.717, 1.165) is 6.04 Å². The van der Waals surface area contributed by atoms with Crippen LogP contribution in [0.5, 0.6) is 0 Å².